The Kier molecular flexibility index (Phi) is 2.97. The third-order valence-corrected chi connectivity index (χ3v) is 2.69. The van der Waals surface area contributed by atoms with Crippen LogP contribution in [-0.2, 0) is 9.59 Å². The minimum Gasteiger partial charge on any atom is -0.462 e. The predicted molar refractivity (Wildman–Crippen MR) is 66.7 cm³/mol. The summed E-state index contributed by atoms with van der Waals surface area (Å²) in [6.45, 7) is 3.61. The summed E-state index contributed by atoms with van der Waals surface area (Å²) in [5.41, 5.74) is 1.69. The second kappa shape index (κ2) is 4.44. The Hall–Kier alpha value is -2.43. The summed E-state index contributed by atoms with van der Waals surface area (Å²) in [5, 5.41) is 2.60. The van der Waals surface area contributed by atoms with Gasteiger partial charge in [-0.1, -0.05) is 12.1 Å². The van der Waals surface area contributed by atoms with Gasteiger partial charge in [0.15, 0.2) is 0 Å². The molecule has 1 N–H and O–H groups in total. The number of hydrogen-bond acceptors (Lipinski definition) is 4. The SMILES string of the molecule is Cc1ccc(C)c2c(=O)c(NC(=O)C=O)coc12. The van der Waals surface area contributed by atoms with Crippen molar-refractivity contribution in [2.45, 2.75) is 13.8 Å². The van der Waals surface area contributed by atoms with Crippen molar-refractivity contribution in [2.24, 2.45) is 0 Å². The molecule has 2 aromatic rings. The first-order chi connectivity index (χ1) is 8.54. The van der Waals surface area contributed by atoms with Crippen molar-refractivity contribution in [3.63, 3.8) is 0 Å². The summed E-state index contributed by atoms with van der Waals surface area (Å²) < 4.78 is 5.35. The average Bonchev–Trinajstić information content (AvgIpc) is 2.36. The van der Waals surface area contributed by atoms with Crippen LogP contribution in [0.4, 0.5) is 5.69 Å². The number of nitrogens with one attached hydrogen (secondary N) is 1. The molecule has 0 aliphatic rings. The average molecular weight is 245 g/mol. The van der Waals surface area contributed by atoms with Gasteiger partial charge in [0.25, 0.3) is 5.91 Å². The molecule has 0 spiro atoms. The zero-order valence-electron chi connectivity index (χ0n) is 9.94. The minimum absolute atomic E-state index is 0.0340. The van der Waals surface area contributed by atoms with E-state index in [2.05, 4.69) is 5.32 Å². The zero-order chi connectivity index (χ0) is 13.3. The van der Waals surface area contributed by atoms with E-state index < -0.39 is 5.91 Å². The Labute approximate surface area is 102 Å². The molecule has 1 aromatic heterocycles. The predicted octanol–water partition coefficient (Wildman–Crippen LogP) is 1.55. The van der Waals surface area contributed by atoms with Crippen LogP contribution in [0.15, 0.2) is 27.6 Å². The summed E-state index contributed by atoms with van der Waals surface area (Å²) in [7, 11) is 0. The highest BCUT2D eigenvalue weighted by Crippen LogP contribution is 2.20. The number of amides is 1. The molecule has 0 atom stereocenters. The van der Waals surface area contributed by atoms with Crippen LogP contribution in [0.3, 0.4) is 0 Å². The Balaban J connectivity index is 2.71. The van der Waals surface area contributed by atoms with Crippen molar-refractivity contribution in [3.8, 4) is 0 Å². The molecule has 1 heterocycles. The molecule has 18 heavy (non-hydrogen) atoms. The van der Waals surface area contributed by atoms with Crippen LogP contribution in [0.25, 0.3) is 11.0 Å². The highest BCUT2D eigenvalue weighted by atomic mass is 16.3. The molecule has 2 rings (SSSR count). The van der Waals surface area contributed by atoms with E-state index in [-0.39, 0.29) is 17.4 Å². The molecule has 0 aliphatic carbocycles. The van der Waals surface area contributed by atoms with E-state index in [0.29, 0.717) is 11.0 Å². The van der Waals surface area contributed by atoms with Gasteiger partial charge in [-0.25, -0.2) is 0 Å². The first kappa shape index (κ1) is 12.0. The molecule has 0 fully saturated rings. The fraction of sp³-hybridized carbons (Fsp3) is 0.154. The lowest BCUT2D eigenvalue weighted by Gasteiger charge is -2.06. The van der Waals surface area contributed by atoms with Gasteiger partial charge >= 0.3 is 0 Å². The molecule has 0 radical (unpaired) electrons. The molecule has 1 aromatic carbocycles. The van der Waals surface area contributed by atoms with Gasteiger partial charge in [0.1, 0.15) is 17.5 Å². The molecule has 0 saturated heterocycles. The Morgan fingerprint density at radius 1 is 1.28 bits per heavy atom. The van der Waals surface area contributed by atoms with Crippen molar-refractivity contribution in [2.75, 3.05) is 5.32 Å². The normalized spacial score (nSPS) is 10.3. The molecule has 0 aliphatic heterocycles. The molecule has 5 heteroatoms. The lowest BCUT2D eigenvalue weighted by molar-refractivity contribution is -0.127. The fourth-order valence-corrected chi connectivity index (χ4v) is 1.77. The van der Waals surface area contributed by atoms with Crippen molar-refractivity contribution in [3.05, 3.63) is 39.7 Å². The second-order valence-electron chi connectivity index (χ2n) is 3.99. The number of benzene rings is 1. The van der Waals surface area contributed by atoms with Crippen molar-refractivity contribution in [1.29, 1.82) is 0 Å². The molecule has 0 bridgehead atoms. The van der Waals surface area contributed by atoms with Crippen LogP contribution in [0.5, 0.6) is 0 Å². The van der Waals surface area contributed by atoms with E-state index in [0.717, 1.165) is 17.4 Å². The van der Waals surface area contributed by atoms with Gasteiger partial charge in [0, 0.05) is 0 Å². The quantitative estimate of drug-likeness (QED) is 0.643. The second-order valence-corrected chi connectivity index (χ2v) is 3.99. The Bertz CT molecular complexity index is 700. The lowest BCUT2D eigenvalue weighted by atomic mass is 10.1. The van der Waals surface area contributed by atoms with Gasteiger partial charge in [-0.05, 0) is 25.0 Å². The topological polar surface area (TPSA) is 76.4 Å². The van der Waals surface area contributed by atoms with Crippen LogP contribution in [0.1, 0.15) is 11.1 Å². The Morgan fingerprint density at radius 3 is 2.61 bits per heavy atom. The fourth-order valence-electron chi connectivity index (χ4n) is 1.77. The van der Waals surface area contributed by atoms with E-state index in [9.17, 15) is 14.4 Å². The first-order valence-corrected chi connectivity index (χ1v) is 5.32. The standard InChI is InChI=1S/C13H11NO4/c1-7-3-4-8(2)13-11(7)12(17)9(6-18-13)14-10(16)5-15/h3-6H,1-2H3,(H,14,16). The summed E-state index contributed by atoms with van der Waals surface area (Å²) in [5.74, 6) is -0.882. The Morgan fingerprint density at radius 2 is 1.94 bits per heavy atom. The first-order valence-electron chi connectivity index (χ1n) is 5.32. The molecule has 5 nitrogen and oxygen atoms in total. The molecule has 92 valence electrons. The zero-order valence-corrected chi connectivity index (χ0v) is 9.94. The van der Waals surface area contributed by atoms with Crippen molar-refractivity contribution in [1.82, 2.24) is 0 Å². The van der Waals surface area contributed by atoms with Gasteiger partial charge in [0.2, 0.25) is 11.7 Å². The number of aryl methyl sites for hydroxylation is 2. The van der Waals surface area contributed by atoms with E-state index >= 15 is 0 Å². The highest BCUT2D eigenvalue weighted by molar-refractivity contribution is 6.29. The minimum atomic E-state index is -0.882. The lowest BCUT2D eigenvalue weighted by Crippen LogP contribution is -2.19. The number of hydrogen-bond donors (Lipinski definition) is 1. The molecule has 0 saturated carbocycles. The van der Waals surface area contributed by atoms with Gasteiger partial charge in [-0.2, -0.15) is 0 Å². The summed E-state index contributed by atoms with van der Waals surface area (Å²) >= 11 is 0. The van der Waals surface area contributed by atoms with Crippen LogP contribution >= 0.6 is 0 Å². The number of aldehydes is 1. The van der Waals surface area contributed by atoms with E-state index in [1.165, 1.54) is 0 Å². The third kappa shape index (κ3) is 1.90. The van der Waals surface area contributed by atoms with E-state index in [1.807, 2.05) is 13.0 Å². The van der Waals surface area contributed by atoms with Gasteiger partial charge in [-0.3, -0.25) is 14.4 Å². The van der Waals surface area contributed by atoms with Crippen LogP contribution in [-0.4, -0.2) is 12.2 Å². The maximum atomic E-state index is 12.2. The summed E-state index contributed by atoms with van der Waals surface area (Å²) in [6, 6.07) is 3.66. The van der Waals surface area contributed by atoms with Crippen molar-refractivity contribution < 1.29 is 14.0 Å². The van der Waals surface area contributed by atoms with Crippen LogP contribution < -0.4 is 10.7 Å². The van der Waals surface area contributed by atoms with E-state index in [4.69, 9.17) is 4.42 Å². The van der Waals surface area contributed by atoms with Crippen LogP contribution in [0.2, 0.25) is 0 Å². The number of fused-ring (bicyclic) bond motifs is 1. The number of rotatable bonds is 2. The van der Waals surface area contributed by atoms with Gasteiger partial charge < -0.3 is 9.73 Å². The molecular formula is C13H11NO4. The summed E-state index contributed by atoms with van der Waals surface area (Å²) in [4.78, 5) is 33.4. The van der Waals surface area contributed by atoms with E-state index in [1.54, 1.807) is 13.0 Å². The third-order valence-electron chi connectivity index (χ3n) is 2.69. The highest BCUT2D eigenvalue weighted by Gasteiger charge is 2.12. The number of anilines is 1. The van der Waals surface area contributed by atoms with Crippen molar-refractivity contribution >= 4 is 28.8 Å². The number of carbonyl (C=O) groups is 2. The van der Waals surface area contributed by atoms with Gasteiger partial charge in [-0.15, -0.1) is 0 Å². The molecular weight excluding hydrogens is 234 g/mol. The summed E-state index contributed by atoms with van der Waals surface area (Å²) in [6.07, 6.45) is 1.26. The number of carbonyl (C=O) groups excluding carboxylic acids is 2. The largest absolute Gasteiger partial charge is 0.462 e. The maximum Gasteiger partial charge on any atom is 0.288 e. The monoisotopic (exact) mass is 245 g/mol. The molecule has 1 amide bonds. The maximum absolute atomic E-state index is 12.2. The van der Waals surface area contributed by atoms with Gasteiger partial charge in [0.05, 0.1) is 5.39 Å². The molecule has 0 unspecified atom stereocenters. The smallest absolute Gasteiger partial charge is 0.288 e. The van der Waals surface area contributed by atoms with Crippen LogP contribution in [0, 0.1) is 13.8 Å².